The minimum absolute atomic E-state index is 0.0666. The standard InChI is InChI=1S/C57H111NO3/c1-3-5-7-9-11-13-15-17-19-21-23-25-27-29-31-33-35-37-39-41-43-45-47-49-51-53-57(61)58-55(54-59)56(60)52-50-48-46-44-42-40-38-36-34-32-30-28-26-24-22-20-18-16-14-12-10-8-6-4-2/h42,44,50,52,55-56,59-60H,3-41,43,45-49,51,53-54H2,1-2H3,(H,58,61)/b44-42+,52-50+. The molecule has 0 fully saturated rings. The van der Waals surface area contributed by atoms with Gasteiger partial charge < -0.3 is 15.5 Å². The summed E-state index contributed by atoms with van der Waals surface area (Å²) in [6.45, 7) is 4.34. The summed E-state index contributed by atoms with van der Waals surface area (Å²) in [4.78, 5) is 12.5. The van der Waals surface area contributed by atoms with Crippen LogP contribution in [0.2, 0.25) is 0 Å². The van der Waals surface area contributed by atoms with E-state index in [9.17, 15) is 15.0 Å². The summed E-state index contributed by atoms with van der Waals surface area (Å²) in [5.74, 6) is -0.0666. The number of hydrogen-bond donors (Lipinski definition) is 3. The number of amides is 1. The normalized spacial score (nSPS) is 12.9. The van der Waals surface area contributed by atoms with Crippen molar-refractivity contribution in [2.75, 3.05) is 6.61 Å². The average Bonchev–Trinajstić information content (AvgIpc) is 3.26. The van der Waals surface area contributed by atoms with Crippen LogP contribution >= 0.6 is 0 Å². The Morgan fingerprint density at radius 2 is 0.639 bits per heavy atom. The summed E-state index contributed by atoms with van der Waals surface area (Å²) >= 11 is 0. The second kappa shape index (κ2) is 53.2. The van der Waals surface area contributed by atoms with E-state index in [-0.39, 0.29) is 12.5 Å². The molecule has 2 unspecified atom stereocenters. The molecule has 0 bridgehead atoms. The molecule has 0 rings (SSSR count). The Kier molecular flexibility index (Phi) is 52.2. The Balaban J connectivity index is 3.49. The molecule has 4 nitrogen and oxygen atoms in total. The summed E-state index contributed by atoms with van der Waals surface area (Å²) in [5.41, 5.74) is 0. The van der Waals surface area contributed by atoms with Crippen molar-refractivity contribution in [3.63, 3.8) is 0 Å². The SMILES string of the molecule is CCCCCCCCCCCCCCCCCCCC/C=C/CC/C=C/C(O)C(CO)NC(=O)CCCCCCCCCCCCCCCCCCCCCCCCCCC. The second-order valence-electron chi connectivity index (χ2n) is 19.4. The van der Waals surface area contributed by atoms with Gasteiger partial charge in [0.15, 0.2) is 0 Å². The van der Waals surface area contributed by atoms with Gasteiger partial charge in [0.2, 0.25) is 5.91 Å². The number of unbranched alkanes of at least 4 members (excludes halogenated alkanes) is 43. The van der Waals surface area contributed by atoms with Crippen LogP contribution in [0.5, 0.6) is 0 Å². The number of allylic oxidation sites excluding steroid dienone is 3. The van der Waals surface area contributed by atoms with Gasteiger partial charge in [-0.3, -0.25) is 4.79 Å². The van der Waals surface area contributed by atoms with E-state index in [1.54, 1.807) is 6.08 Å². The molecule has 0 aliphatic carbocycles. The van der Waals surface area contributed by atoms with E-state index in [0.717, 1.165) is 32.1 Å². The lowest BCUT2D eigenvalue weighted by atomic mass is 10.0. The number of carbonyl (C=O) groups is 1. The number of rotatable bonds is 52. The first-order chi connectivity index (χ1) is 30.2. The summed E-state index contributed by atoms with van der Waals surface area (Å²) < 4.78 is 0. The number of aliphatic hydroxyl groups is 2. The number of hydrogen-bond acceptors (Lipinski definition) is 3. The first kappa shape index (κ1) is 59.9. The van der Waals surface area contributed by atoms with Crippen LogP contribution in [0.25, 0.3) is 0 Å². The molecular weight excluding hydrogens is 747 g/mol. The zero-order valence-electron chi connectivity index (χ0n) is 41.7. The summed E-state index contributed by atoms with van der Waals surface area (Å²) in [6.07, 6.45) is 70.6. The molecule has 0 aliphatic heterocycles. The molecule has 0 saturated heterocycles. The highest BCUT2D eigenvalue weighted by molar-refractivity contribution is 5.76. The van der Waals surface area contributed by atoms with E-state index < -0.39 is 12.1 Å². The molecule has 1 amide bonds. The van der Waals surface area contributed by atoms with Crippen LogP contribution in [0.4, 0.5) is 0 Å². The molecule has 0 spiro atoms. The van der Waals surface area contributed by atoms with Crippen LogP contribution in [-0.2, 0) is 4.79 Å². The first-order valence-electron chi connectivity index (χ1n) is 28.1. The molecule has 0 radical (unpaired) electrons. The van der Waals surface area contributed by atoms with Gasteiger partial charge >= 0.3 is 0 Å². The summed E-state index contributed by atoms with van der Waals surface area (Å²) in [6, 6.07) is -0.636. The quantitative estimate of drug-likeness (QED) is 0.0422. The van der Waals surface area contributed by atoms with E-state index in [4.69, 9.17) is 0 Å². The van der Waals surface area contributed by atoms with Gasteiger partial charge in [-0.2, -0.15) is 0 Å². The molecule has 2 atom stereocenters. The Morgan fingerprint density at radius 3 is 0.951 bits per heavy atom. The fraction of sp³-hybridized carbons (Fsp3) is 0.912. The minimum Gasteiger partial charge on any atom is -0.394 e. The van der Waals surface area contributed by atoms with Crippen LogP contribution < -0.4 is 5.32 Å². The zero-order valence-corrected chi connectivity index (χ0v) is 41.7. The molecule has 0 heterocycles. The van der Waals surface area contributed by atoms with Crippen molar-refractivity contribution in [3.05, 3.63) is 24.3 Å². The Morgan fingerprint density at radius 1 is 0.377 bits per heavy atom. The Labute approximate surface area is 383 Å². The van der Waals surface area contributed by atoms with Gasteiger partial charge in [0, 0.05) is 6.42 Å². The van der Waals surface area contributed by atoms with Crippen LogP contribution in [0, 0.1) is 0 Å². The highest BCUT2D eigenvalue weighted by atomic mass is 16.3. The molecule has 0 aliphatic rings. The second-order valence-corrected chi connectivity index (χ2v) is 19.4. The monoisotopic (exact) mass is 858 g/mol. The fourth-order valence-electron chi connectivity index (χ4n) is 8.90. The van der Waals surface area contributed by atoms with Gasteiger partial charge in [0.05, 0.1) is 18.8 Å². The van der Waals surface area contributed by atoms with E-state index in [2.05, 4.69) is 31.3 Å². The van der Waals surface area contributed by atoms with Crippen LogP contribution in [0.1, 0.15) is 316 Å². The highest BCUT2D eigenvalue weighted by Gasteiger charge is 2.18. The minimum atomic E-state index is -0.860. The van der Waals surface area contributed by atoms with Gasteiger partial charge in [-0.15, -0.1) is 0 Å². The van der Waals surface area contributed by atoms with Crippen molar-refractivity contribution in [3.8, 4) is 0 Å². The van der Waals surface area contributed by atoms with Gasteiger partial charge in [-0.05, 0) is 32.1 Å². The average molecular weight is 859 g/mol. The lowest BCUT2D eigenvalue weighted by Crippen LogP contribution is -2.45. The van der Waals surface area contributed by atoms with Gasteiger partial charge in [-0.25, -0.2) is 0 Å². The third kappa shape index (κ3) is 49.7. The molecule has 0 saturated carbocycles. The van der Waals surface area contributed by atoms with Crippen molar-refractivity contribution in [2.24, 2.45) is 0 Å². The first-order valence-corrected chi connectivity index (χ1v) is 28.1. The van der Waals surface area contributed by atoms with E-state index in [1.807, 2.05) is 6.08 Å². The molecule has 61 heavy (non-hydrogen) atoms. The predicted molar refractivity (Wildman–Crippen MR) is 272 cm³/mol. The van der Waals surface area contributed by atoms with E-state index in [1.165, 1.54) is 263 Å². The number of nitrogens with one attached hydrogen (secondary N) is 1. The lowest BCUT2D eigenvalue weighted by Gasteiger charge is -2.19. The van der Waals surface area contributed by atoms with Gasteiger partial charge in [-0.1, -0.05) is 301 Å². The van der Waals surface area contributed by atoms with Crippen LogP contribution in [0.3, 0.4) is 0 Å². The molecular formula is C57H111NO3. The van der Waals surface area contributed by atoms with Gasteiger partial charge in [0.25, 0.3) is 0 Å². The van der Waals surface area contributed by atoms with E-state index >= 15 is 0 Å². The fourth-order valence-corrected chi connectivity index (χ4v) is 8.90. The van der Waals surface area contributed by atoms with Crippen molar-refractivity contribution in [1.82, 2.24) is 5.32 Å². The maximum atomic E-state index is 12.5. The molecule has 0 aromatic heterocycles. The number of carbonyl (C=O) groups excluding carboxylic acids is 1. The van der Waals surface area contributed by atoms with Gasteiger partial charge in [0.1, 0.15) is 0 Å². The Hall–Kier alpha value is -1.13. The van der Waals surface area contributed by atoms with Crippen molar-refractivity contribution < 1.29 is 15.0 Å². The summed E-state index contributed by atoms with van der Waals surface area (Å²) in [5, 5.41) is 23.1. The van der Waals surface area contributed by atoms with Crippen LogP contribution in [0.15, 0.2) is 24.3 Å². The third-order valence-corrected chi connectivity index (χ3v) is 13.2. The topological polar surface area (TPSA) is 69.6 Å². The lowest BCUT2D eigenvalue weighted by molar-refractivity contribution is -0.123. The molecule has 362 valence electrons. The maximum Gasteiger partial charge on any atom is 0.220 e. The highest BCUT2D eigenvalue weighted by Crippen LogP contribution is 2.18. The zero-order chi connectivity index (χ0) is 44.2. The Bertz CT molecular complexity index is 886. The third-order valence-electron chi connectivity index (χ3n) is 13.2. The molecule has 3 N–H and O–H groups in total. The van der Waals surface area contributed by atoms with Crippen molar-refractivity contribution in [2.45, 2.75) is 328 Å². The molecule has 4 heteroatoms. The van der Waals surface area contributed by atoms with E-state index in [0.29, 0.717) is 6.42 Å². The largest absolute Gasteiger partial charge is 0.394 e. The number of aliphatic hydroxyl groups excluding tert-OH is 2. The van der Waals surface area contributed by atoms with Crippen molar-refractivity contribution in [1.29, 1.82) is 0 Å². The molecule has 0 aromatic rings. The smallest absolute Gasteiger partial charge is 0.220 e. The molecule has 0 aromatic carbocycles. The summed E-state index contributed by atoms with van der Waals surface area (Å²) in [7, 11) is 0. The van der Waals surface area contributed by atoms with Crippen molar-refractivity contribution >= 4 is 5.91 Å². The van der Waals surface area contributed by atoms with Crippen LogP contribution in [-0.4, -0.2) is 34.9 Å². The maximum absolute atomic E-state index is 12.5. The predicted octanol–water partition coefficient (Wildman–Crippen LogP) is 18.3.